The molecule has 90 valence electrons. The van der Waals surface area contributed by atoms with Gasteiger partial charge in [0.15, 0.2) is 0 Å². The first-order valence-electron chi connectivity index (χ1n) is 5.55. The molecule has 0 aromatic rings. The van der Waals surface area contributed by atoms with Gasteiger partial charge in [0.25, 0.3) is 0 Å². The maximum absolute atomic E-state index is 11.9. The second-order valence-electron chi connectivity index (χ2n) is 4.53. The van der Waals surface area contributed by atoms with E-state index in [1.54, 1.807) is 12.0 Å². The number of amides is 1. The van der Waals surface area contributed by atoms with E-state index in [1.165, 1.54) is 0 Å². The highest BCUT2D eigenvalue weighted by Crippen LogP contribution is 2.24. The SMILES string of the molecule is C#CCC(N)C(=O)N1CCCC(C)(OC)C1. The highest BCUT2D eigenvalue weighted by Gasteiger charge is 2.34. The molecular weight excluding hydrogens is 204 g/mol. The lowest BCUT2D eigenvalue weighted by atomic mass is 9.94. The van der Waals surface area contributed by atoms with Gasteiger partial charge in [-0.1, -0.05) is 0 Å². The van der Waals surface area contributed by atoms with Crippen LogP contribution in [0.15, 0.2) is 0 Å². The van der Waals surface area contributed by atoms with Gasteiger partial charge in [-0.2, -0.15) is 0 Å². The zero-order valence-corrected chi connectivity index (χ0v) is 10.0. The molecule has 2 atom stereocenters. The number of hydrogen-bond donors (Lipinski definition) is 1. The molecule has 0 aromatic carbocycles. The molecule has 0 aliphatic carbocycles. The molecule has 1 fully saturated rings. The lowest BCUT2D eigenvalue weighted by Crippen LogP contribution is -2.53. The third-order valence-corrected chi connectivity index (χ3v) is 3.12. The van der Waals surface area contributed by atoms with Gasteiger partial charge in [-0.05, 0) is 19.8 Å². The van der Waals surface area contributed by atoms with Gasteiger partial charge in [-0.3, -0.25) is 4.79 Å². The molecule has 0 aromatic heterocycles. The molecule has 4 heteroatoms. The second kappa shape index (κ2) is 5.33. The van der Waals surface area contributed by atoms with Crippen molar-refractivity contribution in [1.82, 2.24) is 4.90 Å². The number of methoxy groups -OCH3 is 1. The molecule has 0 bridgehead atoms. The van der Waals surface area contributed by atoms with Crippen LogP contribution in [0.2, 0.25) is 0 Å². The van der Waals surface area contributed by atoms with Crippen LogP contribution < -0.4 is 5.73 Å². The number of carbonyl (C=O) groups is 1. The average molecular weight is 224 g/mol. The number of likely N-dealkylation sites (tertiary alicyclic amines) is 1. The topological polar surface area (TPSA) is 55.6 Å². The monoisotopic (exact) mass is 224 g/mol. The van der Waals surface area contributed by atoms with Gasteiger partial charge in [0.1, 0.15) is 0 Å². The van der Waals surface area contributed by atoms with Crippen molar-refractivity contribution < 1.29 is 9.53 Å². The lowest BCUT2D eigenvalue weighted by Gasteiger charge is -2.40. The summed E-state index contributed by atoms with van der Waals surface area (Å²) < 4.78 is 5.42. The summed E-state index contributed by atoms with van der Waals surface area (Å²) in [6.07, 6.45) is 7.35. The Kier molecular flexibility index (Phi) is 4.34. The quantitative estimate of drug-likeness (QED) is 0.704. The van der Waals surface area contributed by atoms with E-state index in [1.807, 2.05) is 6.92 Å². The highest BCUT2D eigenvalue weighted by atomic mass is 16.5. The molecule has 2 unspecified atom stereocenters. The van der Waals surface area contributed by atoms with Crippen molar-refractivity contribution in [2.24, 2.45) is 5.73 Å². The molecule has 1 aliphatic heterocycles. The number of carbonyl (C=O) groups excluding carboxylic acids is 1. The summed E-state index contributed by atoms with van der Waals surface area (Å²) in [5, 5.41) is 0. The van der Waals surface area contributed by atoms with Crippen LogP contribution >= 0.6 is 0 Å². The summed E-state index contributed by atoms with van der Waals surface area (Å²) in [6, 6.07) is -0.579. The minimum Gasteiger partial charge on any atom is -0.377 e. The van der Waals surface area contributed by atoms with Crippen LogP contribution in [0.5, 0.6) is 0 Å². The van der Waals surface area contributed by atoms with Gasteiger partial charge >= 0.3 is 0 Å². The van der Waals surface area contributed by atoms with E-state index in [-0.39, 0.29) is 11.5 Å². The largest absolute Gasteiger partial charge is 0.377 e. The summed E-state index contributed by atoms with van der Waals surface area (Å²) in [6.45, 7) is 3.36. The molecule has 4 nitrogen and oxygen atoms in total. The molecule has 1 aliphatic rings. The maximum atomic E-state index is 11.9. The Morgan fingerprint density at radius 3 is 3.00 bits per heavy atom. The number of rotatable bonds is 3. The molecule has 2 N–H and O–H groups in total. The van der Waals surface area contributed by atoms with E-state index < -0.39 is 6.04 Å². The normalized spacial score (nSPS) is 27.2. The number of terminal acetylenes is 1. The lowest BCUT2D eigenvalue weighted by molar-refractivity contribution is -0.140. The Hall–Kier alpha value is -1.05. The molecule has 0 saturated carbocycles. The van der Waals surface area contributed by atoms with E-state index in [2.05, 4.69) is 5.92 Å². The molecule has 1 saturated heterocycles. The number of nitrogens with zero attached hydrogens (tertiary/aromatic N) is 1. The Balaban J connectivity index is 2.61. The van der Waals surface area contributed by atoms with Gasteiger partial charge < -0.3 is 15.4 Å². The highest BCUT2D eigenvalue weighted by molar-refractivity contribution is 5.82. The van der Waals surface area contributed by atoms with E-state index in [0.717, 1.165) is 19.4 Å². The van der Waals surface area contributed by atoms with Crippen molar-refractivity contribution in [2.75, 3.05) is 20.2 Å². The summed E-state index contributed by atoms with van der Waals surface area (Å²) in [4.78, 5) is 13.7. The fourth-order valence-corrected chi connectivity index (χ4v) is 2.01. The van der Waals surface area contributed by atoms with Gasteiger partial charge in [-0.25, -0.2) is 0 Å². The standard InChI is InChI=1S/C12H20N2O2/c1-4-6-10(13)11(15)14-8-5-7-12(2,9-14)16-3/h1,10H,5-9,13H2,2-3H3. The van der Waals surface area contributed by atoms with Crippen molar-refractivity contribution in [3.05, 3.63) is 0 Å². The first-order chi connectivity index (χ1) is 7.52. The van der Waals surface area contributed by atoms with Crippen molar-refractivity contribution in [3.8, 4) is 12.3 Å². The first kappa shape index (κ1) is 13.0. The Labute approximate surface area is 97.1 Å². The smallest absolute Gasteiger partial charge is 0.240 e. The van der Waals surface area contributed by atoms with Crippen LogP contribution in [-0.4, -0.2) is 42.6 Å². The predicted octanol–water partition coefficient (Wildman–Crippen LogP) is 0.364. The summed E-state index contributed by atoms with van der Waals surface area (Å²) in [7, 11) is 1.68. The number of piperidine rings is 1. The van der Waals surface area contributed by atoms with Crippen LogP contribution in [0, 0.1) is 12.3 Å². The minimum absolute atomic E-state index is 0.0686. The summed E-state index contributed by atoms with van der Waals surface area (Å²) >= 11 is 0. The Morgan fingerprint density at radius 2 is 2.44 bits per heavy atom. The fraction of sp³-hybridized carbons (Fsp3) is 0.750. The van der Waals surface area contributed by atoms with Crippen LogP contribution in [0.4, 0.5) is 0 Å². The average Bonchev–Trinajstić information content (AvgIpc) is 2.28. The Bertz CT molecular complexity index is 298. The molecule has 1 rings (SSSR count). The third kappa shape index (κ3) is 2.97. The van der Waals surface area contributed by atoms with Gasteiger partial charge in [0.05, 0.1) is 11.6 Å². The van der Waals surface area contributed by atoms with Crippen LogP contribution in [0.25, 0.3) is 0 Å². The zero-order valence-electron chi connectivity index (χ0n) is 10.0. The van der Waals surface area contributed by atoms with Crippen molar-refractivity contribution in [2.45, 2.75) is 37.8 Å². The Morgan fingerprint density at radius 1 is 1.75 bits per heavy atom. The molecule has 1 heterocycles. The van der Waals surface area contributed by atoms with E-state index in [9.17, 15) is 4.79 Å². The van der Waals surface area contributed by atoms with Crippen LogP contribution in [-0.2, 0) is 9.53 Å². The number of ether oxygens (including phenoxy) is 1. The van der Waals surface area contributed by atoms with Gasteiger partial charge in [0, 0.05) is 26.6 Å². The van der Waals surface area contributed by atoms with E-state index in [4.69, 9.17) is 16.9 Å². The molecular formula is C12H20N2O2. The minimum atomic E-state index is -0.579. The third-order valence-electron chi connectivity index (χ3n) is 3.12. The van der Waals surface area contributed by atoms with Crippen molar-refractivity contribution in [1.29, 1.82) is 0 Å². The number of nitrogens with two attached hydrogens (primary N) is 1. The molecule has 0 radical (unpaired) electrons. The van der Waals surface area contributed by atoms with E-state index in [0.29, 0.717) is 13.0 Å². The van der Waals surface area contributed by atoms with Crippen LogP contribution in [0.3, 0.4) is 0 Å². The summed E-state index contributed by atoms with van der Waals surface area (Å²) in [5.74, 6) is 2.35. The van der Waals surface area contributed by atoms with Crippen molar-refractivity contribution in [3.63, 3.8) is 0 Å². The second-order valence-corrected chi connectivity index (χ2v) is 4.53. The van der Waals surface area contributed by atoms with Crippen LogP contribution in [0.1, 0.15) is 26.2 Å². The maximum Gasteiger partial charge on any atom is 0.240 e. The zero-order chi connectivity index (χ0) is 12.2. The predicted molar refractivity (Wildman–Crippen MR) is 62.7 cm³/mol. The first-order valence-corrected chi connectivity index (χ1v) is 5.55. The van der Waals surface area contributed by atoms with Crippen molar-refractivity contribution >= 4 is 5.91 Å². The van der Waals surface area contributed by atoms with E-state index >= 15 is 0 Å². The van der Waals surface area contributed by atoms with Gasteiger partial charge in [0.2, 0.25) is 5.91 Å². The number of hydrogen-bond acceptors (Lipinski definition) is 3. The molecule has 0 spiro atoms. The fourth-order valence-electron chi connectivity index (χ4n) is 2.01. The van der Waals surface area contributed by atoms with Gasteiger partial charge in [-0.15, -0.1) is 12.3 Å². The molecule has 1 amide bonds. The summed E-state index contributed by atoms with van der Waals surface area (Å²) in [5.41, 5.74) is 5.47. The molecule has 16 heavy (non-hydrogen) atoms.